The van der Waals surface area contributed by atoms with Crippen molar-refractivity contribution < 1.29 is 9.50 Å². The van der Waals surface area contributed by atoms with Gasteiger partial charge in [-0.1, -0.05) is 6.07 Å². The number of rotatable bonds is 3. The van der Waals surface area contributed by atoms with E-state index in [1.807, 2.05) is 0 Å². The third-order valence-corrected chi connectivity index (χ3v) is 3.46. The van der Waals surface area contributed by atoms with Crippen molar-refractivity contribution in [2.24, 2.45) is 5.41 Å². The Balaban J connectivity index is 2.14. The minimum atomic E-state index is -0.234. The summed E-state index contributed by atoms with van der Waals surface area (Å²) in [4.78, 5) is 0. The van der Waals surface area contributed by atoms with Crippen LogP contribution in [0.15, 0.2) is 22.7 Å². The number of hydrogen-bond acceptors (Lipinski definition) is 1. The summed E-state index contributed by atoms with van der Waals surface area (Å²) in [6.07, 6.45) is 3.01. The van der Waals surface area contributed by atoms with Crippen molar-refractivity contribution in [1.29, 1.82) is 0 Å². The van der Waals surface area contributed by atoms with Crippen molar-refractivity contribution in [1.82, 2.24) is 0 Å². The van der Waals surface area contributed by atoms with Gasteiger partial charge in [0, 0.05) is 6.61 Å². The molecule has 76 valence electrons. The average molecular weight is 259 g/mol. The molecule has 3 heteroatoms. The quantitative estimate of drug-likeness (QED) is 0.884. The van der Waals surface area contributed by atoms with E-state index < -0.39 is 0 Å². The van der Waals surface area contributed by atoms with Gasteiger partial charge in [0.15, 0.2) is 0 Å². The van der Waals surface area contributed by atoms with Gasteiger partial charge in [-0.25, -0.2) is 4.39 Å². The molecule has 1 nitrogen and oxygen atoms in total. The number of aliphatic hydroxyl groups excluding tert-OH is 1. The predicted octanol–water partition coefficient (Wildman–Crippen LogP) is 2.90. The smallest absolute Gasteiger partial charge is 0.137 e. The van der Waals surface area contributed by atoms with Gasteiger partial charge in [0.05, 0.1) is 4.47 Å². The van der Waals surface area contributed by atoms with Crippen molar-refractivity contribution in [2.45, 2.75) is 19.3 Å². The molecule has 0 heterocycles. The van der Waals surface area contributed by atoms with Crippen LogP contribution in [0.3, 0.4) is 0 Å². The molecule has 1 aromatic carbocycles. The van der Waals surface area contributed by atoms with Gasteiger partial charge >= 0.3 is 0 Å². The molecule has 0 saturated heterocycles. The normalized spacial score (nSPS) is 18.2. The molecule has 0 aliphatic heterocycles. The molecule has 0 unspecified atom stereocenters. The second-order valence-corrected chi connectivity index (χ2v) is 4.94. The molecule has 1 aromatic rings. The monoisotopic (exact) mass is 258 g/mol. The molecule has 0 radical (unpaired) electrons. The average Bonchev–Trinajstić information content (AvgIpc) is 2.93. The number of hydrogen-bond donors (Lipinski definition) is 1. The minimum Gasteiger partial charge on any atom is -0.396 e. The van der Waals surface area contributed by atoms with Crippen LogP contribution >= 0.6 is 15.9 Å². The van der Waals surface area contributed by atoms with Gasteiger partial charge in [0.2, 0.25) is 0 Å². The topological polar surface area (TPSA) is 20.2 Å². The molecule has 0 atom stereocenters. The summed E-state index contributed by atoms with van der Waals surface area (Å²) in [6.45, 7) is 0.238. The zero-order valence-electron chi connectivity index (χ0n) is 7.76. The highest BCUT2D eigenvalue weighted by Crippen LogP contribution is 2.47. The fraction of sp³-hybridized carbons (Fsp3) is 0.455. The zero-order valence-corrected chi connectivity index (χ0v) is 9.35. The Bertz CT molecular complexity index is 347. The van der Waals surface area contributed by atoms with Gasteiger partial charge in [-0.15, -0.1) is 0 Å². The van der Waals surface area contributed by atoms with Crippen LogP contribution in [0.1, 0.15) is 18.4 Å². The summed E-state index contributed by atoms with van der Waals surface area (Å²) in [5, 5.41) is 9.16. The second-order valence-electron chi connectivity index (χ2n) is 4.08. The first-order chi connectivity index (χ1) is 6.65. The zero-order chi connectivity index (χ0) is 10.2. The highest BCUT2D eigenvalue weighted by Gasteiger charge is 2.41. The first-order valence-corrected chi connectivity index (χ1v) is 5.49. The lowest BCUT2D eigenvalue weighted by atomic mass is 9.97. The van der Waals surface area contributed by atoms with E-state index in [-0.39, 0.29) is 17.8 Å². The highest BCUT2D eigenvalue weighted by atomic mass is 79.9. The third kappa shape index (κ3) is 1.98. The molecule has 0 amide bonds. The molecule has 1 aliphatic rings. The lowest BCUT2D eigenvalue weighted by Crippen LogP contribution is -2.10. The van der Waals surface area contributed by atoms with Crippen molar-refractivity contribution in [2.75, 3.05) is 6.61 Å². The van der Waals surface area contributed by atoms with Gasteiger partial charge in [-0.05, 0) is 58.3 Å². The first kappa shape index (κ1) is 10.1. The molecule has 1 fully saturated rings. The van der Waals surface area contributed by atoms with Crippen LogP contribution in [-0.4, -0.2) is 11.7 Å². The van der Waals surface area contributed by atoms with Crippen LogP contribution < -0.4 is 0 Å². The molecule has 0 aromatic heterocycles. The van der Waals surface area contributed by atoms with Gasteiger partial charge in [0.25, 0.3) is 0 Å². The Labute approximate surface area is 91.1 Å². The van der Waals surface area contributed by atoms with Gasteiger partial charge in [0.1, 0.15) is 5.82 Å². The van der Waals surface area contributed by atoms with Crippen LogP contribution in [0.4, 0.5) is 4.39 Å². The molecular formula is C11H12BrFO. The van der Waals surface area contributed by atoms with E-state index in [1.165, 1.54) is 6.07 Å². The SMILES string of the molecule is OCC1(Cc2ccc(F)c(Br)c2)CC1. The van der Waals surface area contributed by atoms with Gasteiger partial charge in [-0.3, -0.25) is 0 Å². The van der Waals surface area contributed by atoms with E-state index in [9.17, 15) is 4.39 Å². The Hall–Kier alpha value is -0.410. The standard InChI is InChI=1S/C11H12BrFO/c12-9-5-8(1-2-10(9)13)6-11(7-14)3-4-11/h1-2,5,14H,3-4,6-7H2. The minimum absolute atomic E-state index is 0.0945. The predicted molar refractivity (Wildman–Crippen MR) is 56.6 cm³/mol. The van der Waals surface area contributed by atoms with Crippen LogP contribution in [0.5, 0.6) is 0 Å². The van der Waals surface area contributed by atoms with Crippen LogP contribution in [-0.2, 0) is 6.42 Å². The van der Waals surface area contributed by atoms with Crippen molar-refractivity contribution in [3.05, 3.63) is 34.1 Å². The second kappa shape index (κ2) is 3.63. The molecule has 14 heavy (non-hydrogen) atoms. The van der Waals surface area contributed by atoms with Crippen molar-refractivity contribution in [3.63, 3.8) is 0 Å². The summed E-state index contributed by atoms with van der Waals surface area (Å²) in [5.41, 5.74) is 1.18. The van der Waals surface area contributed by atoms with E-state index in [0.717, 1.165) is 24.8 Å². The van der Waals surface area contributed by atoms with E-state index in [1.54, 1.807) is 12.1 Å². The number of benzene rings is 1. The van der Waals surface area contributed by atoms with Crippen LogP contribution in [0.2, 0.25) is 0 Å². The van der Waals surface area contributed by atoms with Crippen LogP contribution in [0.25, 0.3) is 0 Å². The largest absolute Gasteiger partial charge is 0.396 e. The molecule has 0 spiro atoms. The fourth-order valence-electron chi connectivity index (χ4n) is 1.65. The maximum absolute atomic E-state index is 12.9. The summed E-state index contributed by atoms with van der Waals surface area (Å²) in [7, 11) is 0. The lowest BCUT2D eigenvalue weighted by molar-refractivity contribution is 0.211. The van der Waals surface area contributed by atoms with E-state index >= 15 is 0 Å². The van der Waals surface area contributed by atoms with Crippen LogP contribution in [0, 0.1) is 11.2 Å². The summed E-state index contributed by atoms with van der Waals surface area (Å²) < 4.78 is 13.4. The first-order valence-electron chi connectivity index (χ1n) is 4.70. The maximum Gasteiger partial charge on any atom is 0.137 e. The molecule has 1 N–H and O–H groups in total. The maximum atomic E-state index is 12.9. The molecule has 1 aliphatic carbocycles. The summed E-state index contributed by atoms with van der Waals surface area (Å²) >= 11 is 3.16. The summed E-state index contributed by atoms with van der Waals surface area (Å²) in [6, 6.07) is 5.05. The molecule has 0 bridgehead atoms. The molecular weight excluding hydrogens is 247 g/mol. The Morgan fingerprint density at radius 1 is 1.43 bits per heavy atom. The third-order valence-electron chi connectivity index (χ3n) is 2.86. The van der Waals surface area contributed by atoms with Gasteiger partial charge in [-0.2, -0.15) is 0 Å². The molecule has 2 rings (SSSR count). The van der Waals surface area contributed by atoms with Crippen molar-refractivity contribution in [3.8, 4) is 0 Å². The highest BCUT2D eigenvalue weighted by molar-refractivity contribution is 9.10. The van der Waals surface area contributed by atoms with Gasteiger partial charge < -0.3 is 5.11 Å². The fourth-order valence-corrected chi connectivity index (χ4v) is 2.08. The van der Waals surface area contributed by atoms with E-state index in [4.69, 9.17) is 5.11 Å². The number of halogens is 2. The summed E-state index contributed by atoms with van der Waals surface area (Å²) in [5.74, 6) is -0.234. The Kier molecular flexibility index (Phi) is 2.62. The molecule has 1 saturated carbocycles. The number of aliphatic hydroxyl groups is 1. The Morgan fingerprint density at radius 3 is 2.64 bits per heavy atom. The Morgan fingerprint density at radius 2 is 2.14 bits per heavy atom. The lowest BCUT2D eigenvalue weighted by Gasteiger charge is -2.11. The van der Waals surface area contributed by atoms with Crippen molar-refractivity contribution >= 4 is 15.9 Å². The van der Waals surface area contributed by atoms with E-state index in [0.29, 0.717) is 4.47 Å². The van der Waals surface area contributed by atoms with E-state index in [2.05, 4.69) is 15.9 Å².